The zero-order valence-electron chi connectivity index (χ0n) is 14.5. The molecule has 134 valence electrons. The molecule has 25 heavy (non-hydrogen) atoms. The van der Waals surface area contributed by atoms with Crippen LogP contribution in [0, 0.1) is 0 Å². The van der Waals surface area contributed by atoms with Gasteiger partial charge in [0.1, 0.15) is 5.75 Å². The molecule has 2 rings (SSSR count). The van der Waals surface area contributed by atoms with Gasteiger partial charge < -0.3 is 10.1 Å². The highest BCUT2D eigenvalue weighted by molar-refractivity contribution is 7.92. The highest BCUT2D eigenvalue weighted by atomic mass is 32.2. The van der Waals surface area contributed by atoms with Crippen LogP contribution in [0.3, 0.4) is 0 Å². The van der Waals surface area contributed by atoms with Gasteiger partial charge in [0, 0.05) is 12.1 Å². The molecule has 0 saturated carbocycles. The first kappa shape index (κ1) is 18.8. The number of nitrogens with one attached hydrogen (secondary N) is 1. The summed E-state index contributed by atoms with van der Waals surface area (Å²) in [5.41, 5.74) is 1.54. The van der Waals surface area contributed by atoms with Crippen LogP contribution in [0.4, 0.5) is 11.4 Å². The van der Waals surface area contributed by atoms with Crippen LogP contribution >= 0.6 is 0 Å². The second-order valence-electron chi connectivity index (χ2n) is 5.36. The molecule has 0 radical (unpaired) electrons. The monoisotopic (exact) mass is 362 g/mol. The predicted molar refractivity (Wildman–Crippen MR) is 99.9 cm³/mol. The van der Waals surface area contributed by atoms with E-state index in [1.165, 1.54) is 4.31 Å². The van der Waals surface area contributed by atoms with Gasteiger partial charge in [-0.3, -0.25) is 9.10 Å². The Balaban J connectivity index is 2.19. The first-order valence-electron chi connectivity index (χ1n) is 7.97. The van der Waals surface area contributed by atoms with Crippen molar-refractivity contribution in [2.75, 3.05) is 29.0 Å². The van der Waals surface area contributed by atoms with Crippen molar-refractivity contribution in [1.29, 1.82) is 0 Å². The van der Waals surface area contributed by atoms with E-state index in [0.29, 0.717) is 35.8 Å². The van der Waals surface area contributed by atoms with Crippen LogP contribution in [0.1, 0.15) is 24.2 Å². The Morgan fingerprint density at radius 2 is 1.72 bits per heavy atom. The normalized spacial score (nSPS) is 11.0. The minimum Gasteiger partial charge on any atom is -0.492 e. The van der Waals surface area contributed by atoms with Crippen molar-refractivity contribution in [2.24, 2.45) is 0 Å². The maximum absolute atomic E-state index is 12.4. The van der Waals surface area contributed by atoms with Crippen molar-refractivity contribution in [3.05, 3.63) is 54.1 Å². The van der Waals surface area contributed by atoms with E-state index < -0.39 is 10.0 Å². The van der Waals surface area contributed by atoms with Gasteiger partial charge in [-0.25, -0.2) is 8.42 Å². The number of carbonyl (C=O) groups excluding carboxylic acids is 1. The predicted octanol–water partition coefficient (Wildman–Crippen LogP) is 3.12. The number of amides is 1. The van der Waals surface area contributed by atoms with Crippen LogP contribution in [0.25, 0.3) is 0 Å². The van der Waals surface area contributed by atoms with Crippen molar-refractivity contribution in [3.8, 4) is 5.75 Å². The van der Waals surface area contributed by atoms with E-state index in [-0.39, 0.29) is 5.91 Å². The Hall–Kier alpha value is -2.54. The molecule has 0 aromatic heterocycles. The number of nitrogens with zero attached hydrogens (tertiary/aromatic N) is 1. The van der Waals surface area contributed by atoms with E-state index in [9.17, 15) is 13.2 Å². The van der Waals surface area contributed by atoms with E-state index >= 15 is 0 Å². The maximum Gasteiger partial charge on any atom is 0.255 e. The topological polar surface area (TPSA) is 75.7 Å². The lowest BCUT2D eigenvalue weighted by atomic mass is 10.2. The molecule has 1 N–H and O–H groups in total. The van der Waals surface area contributed by atoms with Gasteiger partial charge in [-0.05, 0) is 50.2 Å². The molecular formula is C18H22N2O4S. The lowest BCUT2D eigenvalue weighted by Crippen LogP contribution is -2.29. The van der Waals surface area contributed by atoms with Gasteiger partial charge in [0.15, 0.2) is 0 Å². The maximum atomic E-state index is 12.4. The molecule has 0 aliphatic carbocycles. The summed E-state index contributed by atoms with van der Waals surface area (Å²) in [6.07, 6.45) is 1.15. The highest BCUT2D eigenvalue weighted by Crippen LogP contribution is 2.25. The second-order valence-corrected chi connectivity index (χ2v) is 7.26. The molecule has 0 atom stereocenters. The molecule has 7 heteroatoms. The molecule has 0 unspecified atom stereocenters. The largest absolute Gasteiger partial charge is 0.492 e. The molecule has 0 heterocycles. The third-order valence-corrected chi connectivity index (χ3v) is 4.81. The number of carbonyl (C=O) groups is 1. The van der Waals surface area contributed by atoms with Gasteiger partial charge in [0.25, 0.3) is 5.91 Å². The Labute approximate surface area is 148 Å². The fraction of sp³-hybridized carbons (Fsp3) is 0.278. The highest BCUT2D eigenvalue weighted by Gasteiger charge is 2.16. The van der Waals surface area contributed by atoms with Gasteiger partial charge in [0.05, 0.1) is 24.2 Å². The number of sulfonamides is 1. The van der Waals surface area contributed by atoms with Gasteiger partial charge in [0.2, 0.25) is 10.0 Å². The van der Waals surface area contributed by atoms with E-state index in [1.54, 1.807) is 43.3 Å². The summed E-state index contributed by atoms with van der Waals surface area (Å²) in [5.74, 6) is 0.310. The van der Waals surface area contributed by atoms with Crippen molar-refractivity contribution in [3.63, 3.8) is 0 Å². The number of rotatable bonds is 7. The van der Waals surface area contributed by atoms with Gasteiger partial charge in [-0.2, -0.15) is 0 Å². The summed E-state index contributed by atoms with van der Waals surface area (Å²) >= 11 is 0. The first-order chi connectivity index (χ1) is 11.9. The van der Waals surface area contributed by atoms with Gasteiger partial charge >= 0.3 is 0 Å². The molecule has 0 spiro atoms. The molecule has 2 aromatic carbocycles. The Bertz CT molecular complexity index is 832. The zero-order chi connectivity index (χ0) is 18.4. The molecular weight excluding hydrogens is 340 g/mol. The lowest BCUT2D eigenvalue weighted by Gasteiger charge is -2.20. The summed E-state index contributed by atoms with van der Waals surface area (Å²) < 4.78 is 30.3. The van der Waals surface area contributed by atoms with Crippen molar-refractivity contribution < 1.29 is 17.9 Å². The van der Waals surface area contributed by atoms with Crippen LogP contribution in [0.5, 0.6) is 5.75 Å². The molecule has 0 bridgehead atoms. The van der Waals surface area contributed by atoms with Crippen LogP contribution in [-0.2, 0) is 10.0 Å². The van der Waals surface area contributed by atoms with E-state index in [0.717, 1.165) is 6.26 Å². The van der Waals surface area contributed by atoms with Gasteiger partial charge in [-0.15, -0.1) is 0 Å². The molecule has 0 aliphatic heterocycles. The average Bonchev–Trinajstić information content (AvgIpc) is 2.57. The summed E-state index contributed by atoms with van der Waals surface area (Å²) in [7, 11) is -3.35. The minimum absolute atomic E-state index is 0.291. The quantitative estimate of drug-likeness (QED) is 0.821. The fourth-order valence-electron chi connectivity index (χ4n) is 2.43. The summed E-state index contributed by atoms with van der Waals surface area (Å²) in [6.45, 7) is 4.46. The Morgan fingerprint density at radius 3 is 2.28 bits per heavy atom. The third kappa shape index (κ3) is 4.73. The second kappa shape index (κ2) is 8.02. The van der Waals surface area contributed by atoms with E-state index in [4.69, 9.17) is 4.74 Å². The third-order valence-electron chi connectivity index (χ3n) is 3.54. The van der Waals surface area contributed by atoms with Crippen LogP contribution in [0.15, 0.2) is 48.5 Å². The molecule has 6 nitrogen and oxygen atoms in total. The number of para-hydroxylation sites is 2. The number of benzene rings is 2. The Morgan fingerprint density at radius 1 is 1.08 bits per heavy atom. The minimum atomic E-state index is -3.35. The fourth-order valence-corrected chi connectivity index (χ4v) is 3.41. The first-order valence-corrected chi connectivity index (χ1v) is 9.82. The molecule has 0 aliphatic rings. The van der Waals surface area contributed by atoms with Gasteiger partial charge in [-0.1, -0.05) is 12.1 Å². The zero-order valence-corrected chi connectivity index (χ0v) is 15.3. The summed E-state index contributed by atoms with van der Waals surface area (Å²) in [6, 6.07) is 13.6. The summed E-state index contributed by atoms with van der Waals surface area (Å²) in [5, 5.41) is 2.81. The number of hydrogen-bond acceptors (Lipinski definition) is 4. The molecule has 1 amide bonds. The Kier molecular flexibility index (Phi) is 6.03. The number of ether oxygens (including phenoxy) is 1. The smallest absolute Gasteiger partial charge is 0.255 e. The SMILES string of the molecule is CCOc1ccccc1NC(=O)c1ccc(N(CC)S(C)(=O)=O)cc1. The standard InChI is InChI=1S/C18H22N2O4S/c1-4-20(25(3,22)23)15-12-10-14(11-13-15)18(21)19-16-8-6-7-9-17(16)24-5-2/h6-13H,4-5H2,1-3H3,(H,19,21). The average molecular weight is 362 g/mol. The molecule has 0 fully saturated rings. The lowest BCUT2D eigenvalue weighted by molar-refractivity contribution is 0.102. The van der Waals surface area contributed by atoms with Crippen molar-refractivity contribution in [2.45, 2.75) is 13.8 Å². The van der Waals surface area contributed by atoms with E-state index in [2.05, 4.69) is 5.32 Å². The number of anilines is 2. The van der Waals surface area contributed by atoms with Crippen LogP contribution in [0.2, 0.25) is 0 Å². The van der Waals surface area contributed by atoms with Crippen molar-refractivity contribution in [1.82, 2.24) is 0 Å². The molecule has 0 saturated heterocycles. The van der Waals surface area contributed by atoms with Crippen LogP contribution < -0.4 is 14.4 Å². The van der Waals surface area contributed by atoms with E-state index in [1.807, 2.05) is 19.1 Å². The summed E-state index contributed by atoms with van der Waals surface area (Å²) in [4.78, 5) is 12.4. The van der Waals surface area contributed by atoms with Crippen LogP contribution in [-0.4, -0.2) is 33.7 Å². The molecule has 2 aromatic rings. The van der Waals surface area contributed by atoms with Crippen molar-refractivity contribution >= 4 is 27.3 Å². The number of hydrogen-bond donors (Lipinski definition) is 1.